The van der Waals surface area contributed by atoms with Crippen molar-refractivity contribution in [1.82, 2.24) is 0 Å². The van der Waals surface area contributed by atoms with Crippen molar-refractivity contribution in [1.29, 1.82) is 0 Å². The molecule has 0 fully saturated rings. The zero-order valence-electron chi connectivity index (χ0n) is 10.2. The molecule has 19 heavy (non-hydrogen) atoms. The standard InChI is InChI=1S/C15H11FO3/c1-9(17)10-2-4-11(5-3-10)12-6-7-14(16)13(8-12)15(18)19/h2-8H,1H3,(H,18,19). The highest BCUT2D eigenvalue weighted by atomic mass is 19.1. The largest absolute Gasteiger partial charge is 0.478 e. The Balaban J connectivity index is 2.44. The van der Waals surface area contributed by atoms with Gasteiger partial charge in [-0.05, 0) is 30.2 Å². The lowest BCUT2D eigenvalue weighted by Gasteiger charge is -2.05. The molecular weight excluding hydrogens is 247 g/mol. The lowest BCUT2D eigenvalue weighted by atomic mass is 10.0. The maximum Gasteiger partial charge on any atom is 0.338 e. The Morgan fingerprint density at radius 2 is 1.58 bits per heavy atom. The molecule has 1 N–H and O–H groups in total. The molecule has 0 aliphatic rings. The lowest BCUT2D eigenvalue weighted by molar-refractivity contribution is 0.0691. The molecule has 0 spiro atoms. The van der Waals surface area contributed by atoms with Crippen LogP contribution in [-0.4, -0.2) is 16.9 Å². The summed E-state index contributed by atoms with van der Waals surface area (Å²) in [5.74, 6) is -2.12. The number of hydrogen-bond donors (Lipinski definition) is 1. The smallest absolute Gasteiger partial charge is 0.338 e. The van der Waals surface area contributed by atoms with Crippen molar-refractivity contribution in [2.75, 3.05) is 0 Å². The summed E-state index contributed by atoms with van der Waals surface area (Å²) >= 11 is 0. The maximum atomic E-state index is 13.3. The van der Waals surface area contributed by atoms with E-state index in [-0.39, 0.29) is 11.3 Å². The van der Waals surface area contributed by atoms with Gasteiger partial charge in [-0.2, -0.15) is 0 Å². The van der Waals surface area contributed by atoms with Gasteiger partial charge in [0, 0.05) is 5.56 Å². The minimum absolute atomic E-state index is 0.0446. The van der Waals surface area contributed by atoms with Crippen LogP contribution in [-0.2, 0) is 0 Å². The van der Waals surface area contributed by atoms with Crippen LogP contribution in [0, 0.1) is 5.82 Å². The van der Waals surface area contributed by atoms with Crippen molar-refractivity contribution >= 4 is 11.8 Å². The van der Waals surface area contributed by atoms with Crippen LogP contribution in [0.2, 0.25) is 0 Å². The molecule has 0 aromatic heterocycles. The van der Waals surface area contributed by atoms with E-state index in [2.05, 4.69) is 0 Å². The third-order valence-corrected chi connectivity index (χ3v) is 2.82. The number of rotatable bonds is 3. The van der Waals surface area contributed by atoms with E-state index < -0.39 is 11.8 Å². The third-order valence-electron chi connectivity index (χ3n) is 2.82. The average molecular weight is 258 g/mol. The number of hydrogen-bond acceptors (Lipinski definition) is 2. The Bertz CT molecular complexity index is 645. The summed E-state index contributed by atoms with van der Waals surface area (Å²) in [5, 5.41) is 8.87. The minimum Gasteiger partial charge on any atom is -0.478 e. The normalized spacial score (nSPS) is 10.2. The van der Waals surface area contributed by atoms with Crippen molar-refractivity contribution in [2.24, 2.45) is 0 Å². The monoisotopic (exact) mass is 258 g/mol. The van der Waals surface area contributed by atoms with E-state index in [0.29, 0.717) is 11.1 Å². The molecule has 0 aliphatic heterocycles. The fourth-order valence-electron chi connectivity index (χ4n) is 1.77. The van der Waals surface area contributed by atoms with E-state index in [0.717, 1.165) is 11.6 Å². The first-order chi connectivity index (χ1) is 8.99. The Hall–Kier alpha value is -2.49. The van der Waals surface area contributed by atoms with E-state index in [1.165, 1.54) is 19.1 Å². The van der Waals surface area contributed by atoms with Gasteiger partial charge < -0.3 is 5.11 Å². The Morgan fingerprint density at radius 3 is 2.11 bits per heavy atom. The second-order valence-corrected chi connectivity index (χ2v) is 4.13. The molecule has 3 nitrogen and oxygen atoms in total. The van der Waals surface area contributed by atoms with Gasteiger partial charge in [-0.25, -0.2) is 9.18 Å². The topological polar surface area (TPSA) is 54.4 Å². The van der Waals surface area contributed by atoms with E-state index in [4.69, 9.17) is 5.11 Å². The summed E-state index contributed by atoms with van der Waals surface area (Å²) in [4.78, 5) is 22.0. The van der Waals surface area contributed by atoms with E-state index in [1.54, 1.807) is 24.3 Å². The highest BCUT2D eigenvalue weighted by Crippen LogP contribution is 2.22. The van der Waals surface area contributed by atoms with Crippen molar-refractivity contribution in [3.05, 3.63) is 59.4 Å². The third kappa shape index (κ3) is 2.68. The molecule has 0 heterocycles. The number of halogens is 1. The van der Waals surface area contributed by atoms with Crippen LogP contribution in [0.5, 0.6) is 0 Å². The fraction of sp³-hybridized carbons (Fsp3) is 0.0667. The molecule has 96 valence electrons. The summed E-state index contributed by atoms with van der Waals surface area (Å²) < 4.78 is 13.3. The number of carbonyl (C=O) groups excluding carboxylic acids is 1. The Labute approximate surface area is 109 Å². The number of carboxylic acid groups (broad SMARTS) is 1. The summed E-state index contributed by atoms with van der Waals surface area (Å²) in [6, 6.07) is 10.6. The lowest BCUT2D eigenvalue weighted by Crippen LogP contribution is -2.00. The molecule has 0 radical (unpaired) electrons. The molecule has 2 aromatic carbocycles. The van der Waals surface area contributed by atoms with Crippen LogP contribution in [0.3, 0.4) is 0 Å². The van der Waals surface area contributed by atoms with Crippen molar-refractivity contribution in [3.63, 3.8) is 0 Å². The van der Waals surface area contributed by atoms with Gasteiger partial charge in [-0.15, -0.1) is 0 Å². The maximum absolute atomic E-state index is 13.3. The van der Waals surface area contributed by atoms with Crippen LogP contribution in [0.4, 0.5) is 4.39 Å². The number of benzene rings is 2. The first kappa shape index (κ1) is 13.0. The predicted molar refractivity (Wildman–Crippen MR) is 68.8 cm³/mol. The molecular formula is C15H11FO3. The summed E-state index contributed by atoms with van der Waals surface area (Å²) in [6.45, 7) is 1.47. The van der Waals surface area contributed by atoms with Gasteiger partial charge in [-0.1, -0.05) is 30.3 Å². The molecule has 0 bridgehead atoms. The second kappa shape index (κ2) is 5.02. The molecule has 0 unspecified atom stereocenters. The van der Waals surface area contributed by atoms with Gasteiger partial charge >= 0.3 is 5.97 Å². The minimum atomic E-state index is -1.31. The summed E-state index contributed by atoms with van der Waals surface area (Å²) in [6.07, 6.45) is 0. The second-order valence-electron chi connectivity index (χ2n) is 4.13. The van der Waals surface area contributed by atoms with Gasteiger partial charge in [0.2, 0.25) is 0 Å². The SMILES string of the molecule is CC(=O)c1ccc(-c2ccc(F)c(C(=O)O)c2)cc1. The number of carboxylic acids is 1. The zero-order valence-corrected chi connectivity index (χ0v) is 10.2. The number of aromatic carboxylic acids is 1. The summed E-state index contributed by atoms with van der Waals surface area (Å²) in [7, 11) is 0. The van der Waals surface area contributed by atoms with Crippen molar-refractivity contribution in [2.45, 2.75) is 6.92 Å². The molecule has 0 saturated heterocycles. The van der Waals surface area contributed by atoms with Crippen molar-refractivity contribution < 1.29 is 19.1 Å². The van der Waals surface area contributed by atoms with E-state index in [9.17, 15) is 14.0 Å². The van der Waals surface area contributed by atoms with E-state index in [1.807, 2.05) is 0 Å². The average Bonchev–Trinajstić information content (AvgIpc) is 2.39. The van der Waals surface area contributed by atoms with Crippen LogP contribution in [0.1, 0.15) is 27.6 Å². The van der Waals surface area contributed by atoms with Crippen LogP contribution in [0.15, 0.2) is 42.5 Å². The predicted octanol–water partition coefficient (Wildman–Crippen LogP) is 3.39. The molecule has 4 heteroatoms. The van der Waals surface area contributed by atoms with Gasteiger partial charge in [0.15, 0.2) is 5.78 Å². The molecule has 2 aromatic rings. The summed E-state index contributed by atoms with van der Waals surface area (Å²) in [5.41, 5.74) is 1.53. The highest BCUT2D eigenvalue weighted by Gasteiger charge is 2.11. The number of ketones is 1. The first-order valence-electron chi connectivity index (χ1n) is 5.63. The fourth-order valence-corrected chi connectivity index (χ4v) is 1.77. The molecule has 0 aliphatic carbocycles. The van der Waals surface area contributed by atoms with Gasteiger partial charge in [0.1, 0.15) is 5.82 Å². The van der Waals surface area contributed by atoms with Crippen LogP contribution in [0.25, 0.3) is 11.1 Å². The van der Waals surface area contributed by atoms with Crippen LogP contribution >= 0.6 is 0 Å². The van der Waals surface area contributed by atoms with Gasteiger partial charge in [-0.3, -0.25) is 4.79 Å². The van der Waals surface area contributed by atoms with Gasteiger partial charge in [0.25, 0.3) is 0 Å². The van der Waals surface area contributed by atoms with E-state index >= 15 is 0 Å². The number of carbonyl (C=O) groups is 2. The molecule has 2 rings (SSSR count). The first-order valence-corrected chi connectivity index (χ1v) is 5.63. The van der Waals surface area contributed by atoms with Crippen LogP contribution < -0.4 is 0 Å². The Morgan fingerprint density at radius 1 is 1.00 bits per heavy atom. The molecule has 0 saturated carbocycles. The van der Waals surface area contributed by atoms with Gasteiger partial charge in [0.05, 0.1) is 5.56 Å². The highest BCUT2D eigenvalue weighted by molar-refractivity contribution is 5.94. The van der Waals surface area contributed by atoms with Crippen molar-refractivity contribution in [3.8, 4) is 11.1 Å². The molecule has 0 amide bonds. The quantitative estimate of drug-likeness (QED) is 0.858. The zero-order chi connectivity index (χ0) is 14.0. The number of Topliss-reactive ketones (excluding diaryl/α,β-unsaturated/α-hetero) is 1. The Kier molecular flexibility index (Phi) is 3.42. The molecule has 0 atom stereocenters.